The summed E-state index contributed by atoms with van der Waals surface area (Å²) in [7, 11) is 3.40. The zero-order valence-electron chi connectivity index (χ0n) is 8.61. The number of hydrogen-bond acceptors (Lipinski definition) is 2. The van der Waals surface area contributed by atoms with Crippen LogP contribution in [0.3, 0.4) is 0 Å². The number of anilines is 1. The summed E-state index contributed by atoms with van der Waals surface area (Å²) in [5.74, 6) is 0. The van der Waals surface area contributed by atoms with Crippen molar-refractivity contribution in [3.05, 3.63) is 24.5 Å². The molecule has 5 heteroatoms. The fourth-order valence-corrected chi connectivity index (χ4v) is 1.25. The summed E-state index contributed by atoms with van der Waals surface area (Å²) in [6.07, 6.45) is 1.63. The largest absolute Gasteiger partial charge is 0.345 e. The third-order valence-electron chi connectivity index (χ3n) is 2.08. The molecule has 0 fully saturated rings. The van der Waals surface area contributed by atoms with E-state index < -0.39 is 0 Å². The van der Waals surface area contributed by atoms with Crippen molar-refractivity contribution >= 4 is 22.8 Å². The van der Waals surface area contributed by atoms with Crippen molar-refractivity contribution in [1.82, 2.24) is 14.9 Å². The van der Waals surface area contributed by atoms with Gasteiger partial charge in [0.1, 0.15) is 0 Å². The monoisotopic (exact) mass is 204 g/mol. The predicted molar refractivity (Wildman–Crippen MR) is 58.8 cm³/mol. The Morgan fingerprint density at radius 3 is 3.00 bits per heavy atom. The number of carbonyl (C=O) groups excluding carboxylic acids is 1. The van der Waals surface area contributed by atoms with Crippen molar-refractivity contribution in [1.29, 1.82) is 0 Å². The lowest BCUT2D eigenvalue weighted by molar-refractivity contribution is 0.230. The van der Waals surface area contributed by atoms with E-state index in [0.29, 0.717) is 0 Å². The van der Waals surface area contributed by atoms with Gasteiger partial charge in [0.15, 0.2) is 0 Å². The van der Waals surface area contributed by atoms with Crippen molar-refractivity contribution in [2.24, 2.45) is 0 Å². The average Bonchev–Trinajstić information content (AvgIpc) is 2.64. The molecule has 78 valence electrons. The number of benzene rings is 1. The smallest absolute Gasteiger partial charge is 0.321 e. The minimum absolute atomic E-state index is 0.145. The molecule has 0 aliphatic heterocycles. The highest BCUT2D eigenvalue weighted by Crippen LogP contribution is 2.15. The number of amides is 2. The van der Waals surface area contributed by atoms with Crippen LogP contribution >= 0.6 is 0 Å². The summed E-state index contributed by atoms with van der Waals surface area (Å²) < 4.78 is 0. The highest BCUT2D eigenvalue weighted by Gasteiger charge is 2.04. The number of nitrogens with one attached hydrogen (secondary N) is 2. The molecule has 0 saturated heterocycles. The molecule has 1 aromatic heterocycles. The van der Waals surface area contributed by atoms with E-state index in [9.17, 15) is 4.79 Å². The van der Waals surface area contributed by atoms with Crippen LogP contribution in [-0.2, 0) is 0 Å². The van der Waals surface area contributed by atoms with Gasteiger partial charge in [0, 0.05) is 19.8 Å². The lowest BCUT2D eigenvalue weighted by Crippen LogP contribution is -2.27. The van der Waals surface area contributed by atoms with Crippen molar-refractivity contribution in [2.45, 2.75) is 0 Å². The van der Waals surface area contributed by atoms with E-state index in [0.717, 1.165) is 16.7 Å². The van der Waals surface area contributed by atoms with Gasteiger partial charge in [-0.25, -0.2) is 9.78 Å². The second-order valence-electron chi connectivity index (χ2n) is 3.46. The Kier molecular flexibility index (Phi) is 2.29. The first kappa shape index (κ1) is 9.51. The molecule has 0 radical (unpaired) electrons. The molecule has 2 N–H and O–H groups in total. The Morgan fingerprint density at radius 1 is 1.47 bits per heavy atom. The van der Waals surface area contributed by atoms with Gasteiger partial charge in [0.2, 0.25) is 0 Å². The molecular formula is C10H12N4O. The van der Waals surface area contributed by atoms with Gasteiger partial charge in [-0.2, -0.15) is 0 Å². The van der Waals surface area contributed by atoms with Crippen molar-refractivity contribution in [3.63, 3.8) is 0 Å². The molecule has 5 nitrogen and oxygen atoms in total. The molecular weight excluding hydrogens is 192 g/mol. The first-order chi connectivity index (χ1) is 7.16. The fourth-order valence-electron chi connectivity index (χ4n) is 1.25. The molecule has 0 atom stereocenters. The minimum Gasteiger partial charge on any atom is -0.345 e. The Morgan fingerprint density at radius 2 is 2.27 bits per heavy atom. The lowest BCUT2D eigenvalue weighted by Gasteiger charge is -2.11. The topological polar surface area (TPSA) is 61.0 Å². The van der Waals surface area contributed by atoms with Gasteiger partial charge in [0.25, 0.3) is 0 Å². The van der Waals surface area contributed by atoms with Crippen LogP contribution in [0.4, 0.5) is 10.5 Å². The summed E-state index contributed by atoms with van der Waals surface area (Å²) in [6.45, 7) is 0. The molecule has 1 aromatic carbocycles. The first-order valence-electron chi connectivity index (χ1n) is 4.58. The van der Waals surface area contributed by atoms with E-state index >= 15 is 0 Å². The van der Waals surface area contributed by atoms with Crippen LogP contribution in [0.2, 0.25) is 0 Å². The highest BCUT2D eigenvalue weighted by atomic mass is 16.2. The molecule has 0 unspecified atom stereocenters. The van der Waals surface area contributed by atoms with Crippen LogP contribution in [0.25, 0.3) is 11.0 Å². The summed E-state index contributed by atoms with van der Waals surface area (Å²) >= 11 is 0. The van der Waals surface area contributed by atoms with Gasteiger partial charge < -0.3 is 15.2 Å². The van der Waals surface area contributed by atoms with Gasteiger partial charge in [-0.1, -0.05) is 0 Å². The predicted octanol–water partition coefficient (Wildman–Crippen LogP) is 1.66. The maximum Gasteiger partial charge on any atom is 0.321 e. The standard InChI is InChI=1S/C10H12N4O/c1-14(2)10(15)13-7-3-4-8-9(5-7)12-6-11-8/h3-6H,1-2H3,(H,11,12)(H,13,15). The molecule has 0 spiro atoms. The molecule has 2 aromatic rings. The Labute approximate surface area is 87.1 Å². The van der Waals surface area contributed by atoms with E-state index in [1.165, 1.54) is 4.90 Å². The molecule has 2 rings (SSSR count). The number of H-pyrrole nitrogens is 1. The van der Waals surface area contributed by atoms with E-state index in [1.807, 2.05) is 18.2 Å². The van der Waals surface area contributed by atoms with E-state index in [4.69, 9.17) is 0 Å². The molecule has 0 bridgehead atoms. The van der Waals surface area contributed by atoms with Crippen LogP contribution in [0.1, 0.15) is 0 Å². The van der Waals surface area contributed by atoms with E-state index in [1.54, 1.807) is 20.4 Å². The van der Waals surface area contributed by atoms with E-state index in [-0.39, 0.29) is 6.03 Å². The number of carbonyl (C=O) groups is 1. The number of aromatic amines is 1. The fraction of sp³-hybridized carbons (Fsp3) is 0.200. The Bertz CT molecular complexity index is 489. The number of aromatic nitrogens is 2. The molecule has 1 heterocycles. The van der Waals surface area contributed by atoms with Crippen LogP contribution in [0, 0.1) is 0 Å². The maximum absolute atomic E-state index is 11.4. The van der Waals surface area contributed by atoms with E-state index in [2.05, 4.69) is 15.3 Å². The van der Waals surface area contributed by atoms with Crippen molar-refractivity contribution < 1.29 is 4.79 Å². The number of urea groups is 1. The molecule has 0 aliphatic carbocycles. The lowest BCUT2D eigenvalue weighted by atomic mass is 10.3. The summed E-state index contributed by atoms with van der Waals surface area (Å²) in [6, 6.07) is 5.39. The molecule has 15 heavy (non-hydrogen) atoms. The number of rotatable bonds is 1. The number of nitrogens with zero attached hydrogens (tertiary/aromatic N) is 2. The summed E-state index contributed by atoms with van der Waals surface area (Å²) in [5.41, 5.74) is 2.55. The number of imidazole rings is 1. The zero-order chi connectivity index (χ0) is 10.8. The summed E-state index contributed by atoms with van der Waals surface area (Å²) in [4.78, 5) is 19.9. The van der Waals surface area contributed by atoms with Gasteiger partial charge in [-0.15, -0.1) is 0 Å². The minimum atomic E-state index is -0.145. The summed E-state index contributed by atoms with van der Waals surface area (Å²) in [5, 5.41) is 2.76. The number of hydrogen-bond donors (Lipinski definition) is 2. The molecule has 2 amide bonds. The van der Waals surface area contributed by atoms with Crippen LogP contribution in [0.5, 0.6) is 0 Å². The van der Waals surface area contributed by atoms with Gasteiger partial charge in [-0.05, 0) is 18.2 Å². The average molecular weight is 204 g/mol. The van der Waals surface area contributed by atoms with Crippen molar-refractivity contribution in [2.75, 3.05) is 19.4 Å². The maximum atomic E-state index is 11.4. The Hall–Kier alpha value is -2.04. The molecule has 0 saturated carbocycles. The second kappa shape index (κ2) is 3.61. The zero-order valence-corrected chi connectivity index (χ0v) is 8.61. The van der Waals surface area contributed by atoms with Gasteiger partial charge in [0.05, 0.1) is 17.4 Å². The van der Waals surface area contributed by atoms with Gasteiger partial charge >= 0.3 is 6.03 Å². The normalized spacial score (nSPS) is 10.3. The number of fused-ring (bicyclic) bond motifs is 1. The van der Waals surface area contributed by atoms with Crippen molar-refractivity contribution in [3.8, 4) is 0 Å². The second-order valence-corrected chi connectivity index (χ2v) is 3.46. The van der Waals surface area contributed by atoms with Crippen LogP contribution < -0.4 is 5.32 Å². The van der Waals surface area contributed by atoms with Crippen LogP contribution in [0.15, 0.2) is 24.5 Å². The Balaban J connectivity index is 2.25. The highest BCUT2D eigenvalue weighted by molar-refractivity contribution is 5.91. The third-order valence-corrected chi connectivity index (χ3v) is 2.08. The van der Waals surface area contributed by atoms with Crippen LogP contribution in [-0.4, -0.2) is 35.0 Å². The third kappa shape index (κ3) is 1.90. The van der Waals surface area contributed by atoms with Gasteiger partial charge in [-0.3, -0.25) is 0 Å². The quantitative estimate of drug-likeness (QED) is 0.742. The SMILES string of the molecule is CN(C)C(=O)Nc1ccc2nc[nH]c2c1. The first-order valence-corrected chi connectivity index (χ1v) is 4.58. The molecule has 0 aliphatic rings.